The third-order valence-corrected chi connectivity index (χ3v) is 5.06. The summed E-state index contributed by atoms with van der Waals surface area (Å²) >= 11 is 0. The van der Waals surface area contributed by atoms with Crippen LogP contribution in [0, 0.1) is 11.8 Å². The number of rotatable bonds is 10. The van der Waals surface area contributed by atoms with Crippen LogP contribution in [0.15, 0.2) is 30.8 Å². The van der Waals surface area contributed by atoms with Gasteiger partial charge >= 0.3 is 0 Å². The normalized spacial score (nSPS) is 21.4. The first-order valence-electron chi connectivity index (χ1n) is 9.73. The molecule has 1 aliphatic carbocycles. The molecule has 0 bridgehead atoms. The molecule has 1 N–H and O–H groups in total. The van der Waals surface area contributed by atoms with Gasteiger partial charge in [0.2, 0.25) is 0 Å². The fraction of sp³-hybridized carbons (Fsp3) is 0.565. The highest BCUT2D eigenvalue weighted by molar-refractivity contribution is 5.65. The van der Waals surface area contributed by atoms with E-state index in [1.165, 1.54) is 0 Å². The van der Waals surface area contributed by atoms with Crippen molar-refractivity contribution in [2.75, 3.05) is 40.5 Å². The van der Waals surface area contributed by atoms with E-state index in [4.69, 9.17) is 9.47 Å². The van der Waals surface area contributed by atoms with Crippen LogP contribution in [0.25, 0.3) is 5.57 Å². The Balaban J connectivity index is 1.90. The molecule has 0 unspecified atom stereocenters. The summed E-state index contributed by atoms with van der Waals surface area (Å²) in [4.78, 5) is 2.35. The molecule has 148 valence electrons. The quantitative estimate of drug-likeness (QED) is 0.641. The van der Waals surface area contributed by atoms with Crippen LogP contribution in [-0.4, -0.2) is 62.2 Å². The van der Waals surface area contributed by atoms with Crippen LogP contribution >= 0.6 is 0 Å². The fourth-order valence-corrected chi connectivity index (χ4v) is 3.55. The van der Waals surface area contributed by atoms with Crippen molar-refractivity contribution in [2.45, 2.75) is 44.3 Å². The van der Waals surface area contributed by atoms with Gasteiger partial charge in [0.15, 0.2) is 0 Å². The maximum atomic E-state index is 10.7. The van der Waals surface area contributed by atoms with Gasteiger partial charge < -0.3 is 19.5 Å². The molecule has 0 aromatic heterocycles. The van der Waals surface area contributed by atoms with Crippen LogP contribution in [0.2, 0.25) is 0 Å². The SMILES string of the molecule is C=C(CCN(CCC)CC1(O)CC(OC)C1)c1cccc(C#CCOC)c1. The molecule has 1 aromatic carbocycles. The van der Waals surface area contributed by atoms with E-state index in [0.717, 1.165) is 55.5 Å². The Morgan fingerprint density at radius 2 is 2.11 bits per heavy atom. The van der Waals surface area contributed by atoms with Gasteiger partial charge in [-0.3, -0.25) is 0 Å². The third-order valence-electron chi connectivity index (χ3n) is 5.06. The number of hydrogen-bond acceptors (Lipinski definition) is 4. The molecule has 1 fully saturated rings. The maximum absolute atomic E-state index is 10.7. The second-order valence-electron chi connectivity index (χ2n) is 7.44. The van der Waals surface area contributed by atoms with E-state index >= 15 is 0 Å². The van der Waals surface area contributed by atoms with Gasteiger partial charge in [-0.1, -0.05) is 37.5 Å². The van der Waals surface area contributed by atoms with Crippen molar-refractivity contribution in [1.29, 1.82) is 0 Å². The van der Waals surface area contributed by atoms with Crippen LogP contribution in [0.1, 0.15) is 43.7 Å². The van der Waals surface area contributed by atoms with Crippen LogP contribution in [0.5, 0.6) is 0 Å². The van der Waals surface area contributed by atoms with E-state index in [1.807, 2.05) is 12.1 Å². The van der Waals surface area contributed by atoms with Crippen molar-refractivity contribution in [3.05, 3.63) is 42.0 Å². The molecule has 1 saturated carbocycles. The van der Waals surface area contributed by atoms with Gasteiger partial charge in [0.1, 0.15) is 6.61 Å². The summed E-state index contributed by atoms with van der Waals surface area (Å²) < 4.78 is 10.3. The highest BCUT2D eigenvalue weighted by Crippen LogP contribution is 2.35. The Kier molecular flexibility index (Phi) is 8.53. The van der Waals surface area contributed by atoms with Crippen molar-refractivity contribution in [3.63, 3.8) is 0 Å². The van der Waals surface area contributed by atoms with Crippen molar-refractivity contribution in [3.8, 4) is 11.8 Å². The second kappa shape index (κ2) is 10.6. The molecule has 1 aliphatic rings. The first-order chi connectivity index (χ1) is 13.0. The van der Waals surface area contributed by atoms with Crippen molar-refractivity contribution in [1.82, 2.24) is 4.90 Å². The summed E-state index contributed by atoms with van der Waals surface area (Å²) in [7, 11) is 3.36. The molecule has 1 aromatic rings. The smallest absolute Gasteiger partial charge is 0.107 e. The van der Waals surface area contributed by atoms with E-state index in [-0.39, 0.29) is 6.10 Å². The molecular weight excluding hydrogens is 338 g/mol. The van der Waals surface area contributed by atoms with Crippen LogP contribution in [0.3, 0.4) is 0 Å². The predicted molar refractivity (Wildman–Crippen MR) is 111 cm³/mol. The van der Waals surface area contributed by atoms with Crippen molar-refractivity contribution in [2.24, 2.45) is 0 Å². The third kappa shape index (κ3) is 6.79. The minimum absolute atomic E-state index is 0.204. The van der Waals surface area contributed by atoms with Gasteiger partial charge in [0, 0.05) is 45.7 Å². The summed E-state index contributed by atoms with van der Waals surface area (Å²) in [5, 5.41) is 10.7. The average Bonchev–Trinajstić information content (AvgIpc) is 2.64. The first-order valence-corrected chi connectivity index (χ1v) is 9.73. The Morgan fingerprint density at radius 3 is 2.78 bits per heavy atom. The number of ether oxygens (including phenoxy) is 2. The highest BCUT2D eigenvalue weighted by atomic mass is 16.5. The fourth-order valence-electron chi connectivity index (χ4n) is 3.55. The molecule has 0 radical (unpaired) electrons. The standard InChI is InChI=1S/C23H33NO3/c1-5-12-24(18-23(25)16-22(17-23)27-4)13-11-19(2)21-10-6-8-20(15-21)9-7-14-26-3/h6,8,10,15,22,25H,2,5,11-14,16-18H2,1,3-4H3. The molecule has 0 aliphatic heterocycles. The highest BCUT2D eigenvalue weighted by Gasteiger charge is 2.43. The average molecular weight is 372 g/mol. The zero-order valence-corrected chi connectivity index (χ0v) is 17.0. The largest absolute Gasteiger partial charge is 0.388 e. The molecule has 0 atom stereocenters. The summed E-state index contributed by atoms with van der Waals surface area (Å²) in [5.41, 5.74) is 2.60. The number of benzene rings is 1. The first kappa shape index (κ1) is 21.7. The van der Waals surface area contributed by atoms with Crippen LogP contribution in [0.4, 0.5) is 0 Å². The van der Waals surface area contributed by atoms with Crippen LogP contribution in [-0.2, 0) is 9.47 Å². The lowest BCUT2D eigenvalue weighted by atomic mass is 9.77. The molecule has 0 spiro atoms. The molecule has 0 saturated heterocycles. The minimum atomic E-state index is -0.603. The number of hydrogen-bond donors (Lipinski definition) is 1. The second-order valence-corrected chi connectivity index (χ2v) is 7.44. The number of nitrogens with zero attached hydrogens (tertiary/aromatic N) is 1. The Morgan fingerprint density at radius 1 is 1.33 bits per heavy atom. The maximum Gasteiger partial charge on any atom is 0.107 e. The van der Waals surface area contributed by atoms with Gasteiger partial charge in [-0.2, -0.15) is 0 Å². The number of aliphatic hydroxyl groups is 1. The molecular formula is C23H33NO3. The molecule has 4 nitrogen and oxygen atoms in total. The van der Waals surface area contributed by atoms with Crippen molar-refractivity contribution < 1.29 is 14.6 Å². The lowest BCUT2D eigenvalue weighted by Crippen LogP contribution is -2.55. The van der Waals surface area contributed by atoms with E-state index < -0.39 is 5.60 Å². The molecule has 4 heteroatoms. The van der Waals surface area contributed by atoms with E-state index in [2.05, 4.69) is 42.4 Å². The summed E-state index contributed by atoms with van der Waals surface area (Å²) in [6.07, 6.45) is 3.61. The van der Waals surface area contributed by atoms with Crippen molar-refractivity contribution >= 4 is 5.57 Å². The predicted octanol–water partition coefficient (Wildman–Crippen LogP) is 3.34. The molecule has 27 heavy (non-hydrogen) atoms. The zero-order valence-electron chi connectivity index (χ0n) is 17.0. The molecule has 0 heterocycles. The van der Waals surface area contributed by atoms with Gasteiger partial charge in [-0.15, -0.1) is 0 Å². The minimum Gasteiger partial charge on any atom is -0.388 e. The lowest BCUT2D eigenvalue weighted by molar-refractivity contribution is -0.139. The summed E-state index contributed by atoms with van der Waals surface area (Å²) in [6.45, 7) is 9.46. The zero-order chi connectivity index (χ0) is 19.7. The number of methoxy groups -OCH3 is 2. The molecule has 0 amide bonds. The van der Waals surface area contributed by atoms with Gasteiger partial charge in [0.25, 0.3) is 0 Å². The lowest BCUT2D eigenvalue weighted by Gasteiger charge is -2.45. The molecule has 2 rings (SSSR count). The summed E-state index contributed by atoms with van der Waals surface area (Å²) in [6, 6.07) is 8.18. The van der Waals surface area contributed by atoms with Gasteiger partial charge in [-0.05, 0) is 42.7 Å². The van der Waals surface area contributed by atoms with Gasteiger partial charge in [-0.25, -0.2) is 0 Å². The van der Waals surface area contributed by atoms with Crippen LogP contribution < -0.4 is 0 Å². The monoisotopic (exact) mass is 371 g/mol. The van der Waals surface area contributed by atoms with E-state index in [9.17, 15) is 5.11 Å². The van der Waals surface area contributed by atoms with Gasteiger partial charge in [0.05, 0.1) is 11.7 Å². The summed E-state index contributed by atoms with van der Waals surface area (Å²) in [5.74, 6) is 6.09. The Hall–Kier alpha value is -1.64. The van der Waals surface area contributed by atoms with E-state index in [0.29, 0.717) is 13.2 Å². The topological polar surface area (TPSA) is 41.9 Å². The van der Waals surface area contributed by atoms with E-state index in [1.54, 1.807) is 14.2 Å². The Bertz CT molecular complexity index is 668. The Labute approximate surface area is 164 Å².